The Morgan fingerprint density at radius 3 is 2.57 bits per heavy atom. The number of methoxy groups -OCH3 is 1. The molecule has 2 heterocycles. The first-order valence-corrected chi connectivity index (χ1v) is 7.67. The van der Waals surface area contributed by atoms with E-state index in [1.165, 1.54) is 7.11 Å². The van der Waals surface area contributed by atoms with Gasteiger partial charge in [-0.25, -0.2) is 4.68 Å². The highest BCUT2D eigenvalue weighted by molar-refractivity contribution is 5.97. The molecule has 0 radical (unpaired) electrons. The van der Waals surface area contributed by atoms with E-state index in [0.717, 1.165) is 5.69 Å². The van der Waals surface area contributed by atoms with Gasteiger partial charge in [-0.15, -0.1) is 0 Å². The number of rotatable bonds is 3. The molecule has 0 bridgehead atoms. The van der Waals surface area contributed by atoms with E-state index in [1.54, 1.807) is 15.8 Å². The van der Waals surface area contributed by atoms with Crippen molar-refractivity contribution in [1.29, 1.82) is 0 Å². The van der Waals surface area contributed by atoms with Crippen molar-refractivity contribution in [3.8, 4) is 5.69 Å². The molecule has 1 aromatic carbocycles. The number of amides is 1. The molecule has 2 aromatic rings. The second-order valence-electron chi connectivity index (χ2n) is 5.56. The standard InChI is InChI=1S/C17H19N3O3/c1-23-17(22)13-7-11-19(12-8-13)16(21)14-5-2-3-6-15(14)20-10-4-9-18-20/h2-6,9-10,13H,7-8,11-12H2,1H3. The summed E-state index contributed by atoms with van der Waals surface area (Å²) in [4.78, 5) is 26.2. The fourth-order valence-corrected chi connectivity index (χ4v) is 2.92. The van der Waals surface area contributed by atoms with Gasteiger partial charge in [-0.2, -0.15) is 5.10 Å². The van der Waals surface area contributed by atoms with E-state index in [4.69, 9.17) is 4.74 Å². The van der Waals surface area contributed by atoms with Gasteiger partial charge in [-0.3, -0.25) is 9.59 Å². The van der Waals surface area contributed by atoms with Crippen LogP contribution in [0.3, 0.4) is 0 Å². The number of benzene rings is 1. The number of carbonyl (C=O) groups is 2. The summed E-state index contributed by atoms with van der Waals surface area (Å²) in [6.45, 7) is 1.12. The van der Waals surface area contributed by atoms with E-state index in [9.17, 15) is 9.59 Å². The first-order valence-electron chi connectivity index (χ1n) is 7.67. The molecule has 1 saturated heterocycles. The van der Waals surface area contributed by atoms with Gasteiger partial charge >= 0.3 is 5.97 Å². The number of ether oxygens (including phenoxy) is 1. The molecular formula is C17H19N3O3. The van der Waals surface area contributed by atoms with Crippen molar-refractivity contribution in [2.45, 2.75) is 12.8 Å². The average Bonchev–Trinajstić information content (AvgIpc) is 3.15. The zero-order valence-electron chi connectivity index (χ0n) is 13.0. The number of nitrogens with zero attached hydrogens (tertiary/aromatic N) is 3. The fraction of sp³-hybridized carbons (Fsp3) is 0.353. The van der Waals surface area contributed by atoms with Crippen LogP contribution in [0.5, 0.6) is 0 Å². The molecule has 1 aromatic heterocycles. The Bertz CT molecular complexity index is 689. The number of para-hydroxylation sites is 1. The lowest BCUT2D eigenvalue weighted by Gasteiger charge is -2.31. The maximum atomic E-state index is 12.8. The van der Waals surface area contributed by atoms with E-state index in [1.807, 2.05) is 36.5 Å². The van der Waals surface area contributed by atoms with Crippen LogP contribution in [0.4, 0.5) is 0 Å². The highest BCUT2D eigenvalue weighted by Crippen LogP contribution is 2.22. The van der Waals surface area contributed by atoms with Crippen molar-refractivity contribution in [1.82, 2.24) is 14.7 Å². The van der Waals surface area contributed by atoms with Crippen LogP contribution in [0, 0.1) is 5.92 Å². The molecule has 0 N–H and O–H groups in total. The Balaban J connectivity index is 1.76. The summed E-state index contributed by atoms with van der Waals surface area (Å²) in [5, 5.41) is 4.21. The summed E-state index contributed by atoms with van der Waals surface area (Å²) < 4.78 is 6.47. The van der Waals surface area contributed by atoms with Crippen LogP contribution in [0.2, 0.25) is 0 Å². The van der Waals surface area contributed by atoms with Gasteiger partial charge < -0.3 is 9.64 Å². The van der Waals surface area contributed by atoms with Gasteiger partial charge in [-0.05, 0) is 31.0 Å². The fourth-order valence-electron chi connectivity index (χ4n) is 2.92. The molecule has 6 nitrogen and oxygen atoms in total. The van der Waals surface area contributed by atoms with E-state index in [2.05, 4.69) is 5.10 Å². The minimum Gasteiger partial charge on any atom is -0.469 e. The second-order valence-corrected chi connectivity index (χ2v) is 5.56. The largest absolute Gasteiger partial charge is 0.469 e. The van der Waals surface area contributed by atoms with Crippen molar-refractivity contribution in [2.75, 3.05) is 20.2 Å². The molecular weight excluding hydrogens is 294 g/mol. The SMILES string of the molecule is COC(=O)C1CCN(C(=O)c2ccccc2-n2cccn2)CC1. The van der Waals surface area contributed by atoms with E-state index in [0.29, 0.717) is 31.5 Å². The van der Waals surface area contributed by atoms with Gasteiger partial charge in [0.05, 0.1) is 24.3 Å². The van der Waals surface area contributed by atoms with Crippen molar-refractivity contribution in [3.05, 3.63) is 48.3 Å². The lowest BCUT2D eigenvalue weighted by Crippen LogP contribution is -2.40. The Morgan fingerprint density at radius 2 is 1.91 bits per heavy atom. The molecule has 0 spiro atoms. The lowest BCUT2D eigenvalue weighted by molar-refractivity contribution is -0.146. The number of hydrogen-bond acceptors (Lipinski definition) is 4. The molecule has 0 aliphatic carbocycles. The summed E-state index contributed by atoms with van der Waals surface area (Å²) in [6.07, 6.45) is 4.78. The minimum atomic E-state index is -0.186. The number of piperidine rings is 1. The van der Waals surface area contributed by atoms with Crippen molar-refractivity contribution in [3.63, 3.8) is 0 Å². The van der Waals surface area contributed by atoms with Crippen LogP contribution >= 0.6 is 0 Å². The Labute approximate surface area is 134 Å². The van der Waals surface area contributed by atoms with E-state index < -0.39 is 0 Å². The van der Waals surface area contributed by atoms with Gasteiger partial charge in [0.2, 0.25) is 0 Å². The van der Waals surface area contributed by atoms with Crippen LogP contribution in [0.25, 0.3) is 5.69 Å². The average molecular weight is 313 g/mol. The minimum absolute atomic E-state index is 0.0283. The lowest BCUT2D eigenvalue weighted by atomic mass is 9.96. The molecule has 120 valence electrons. The maximum Gasteiger partial charge on any atom is 0.308 e. The van der Waals surface area contributed by atoms with Gasteiger partial charge in [0, 0.05) is 25.5 Å². The van der Waals surface area contributed by atoms with E-state index >= 15 is 0 Å². The summed E-state index contributed by atoms with van der Waals surface area (Å²) in [7, 11) is 1.40. The number of aromatic nitrogens is 2. The third kappa shape index (κ3) is 3.11. The number of carbonyl (C=O) groups excluding carboxylic acids is 2. The Morgan fingerprint density at radius 1 is 1.17 bits per heavy atom. The number of esters is 1. The molecule has 1 aliphatic heterocycles. The summed E-state index contributed by atoms with van der Waals surface area (Å²) >= 11 is 0. The molecule has 1 fully saturated rings. The van der Waals surface area contributed by atoms with Crippen LogP contribution in [-0.2, 0) is 9.53 Å². The predicted molar refractivity (Wildman–Crippen MR) is 84.2 cm³/mol. The van der Waals surface area contributed by atoms with Gasteiger partial charge in [0.15, 0.2) is 0 Å². The second kappa shape index (κ2) is 6.64. The zero-order chi connectivity index (χ0) is 16.2. The smallest absolute Gasteiger partial charge is 0.308 e. The van der Waals surface area contributed by atoms with E-state index in [-0.39, 0.29) is 17.8 Å². The molecule has 1 aliphatic rings. The molecule has 0 saturated carbocycles. The Hall–Kier alpha value is -2.63. The van der Waals surface area contributed by atoms with Crippen LogP contribution in [0.1, 0.15) is 23.2 Å². The molecule has 23 heavy (non-hydrogen) atoms. The third-order valence-electron chi connectivity index (χ3n) is 4.20. The zero-order valence-corrected chi connectivity index (χ0v) is 13.0. The van der Waals surface area contributed by atoms with Gasteiger partial charge in [0.1, 0.15) is 0 Å². The first kappa shape index (κ1) is 15.3. The monoisotopic (exact) mass is 313 g/mol. The third-order valence-corrected chi connectivity index (χ3v) is 4.20. The van der Waals surface area contributed by atoms with Crippen LogP contribution in [-0.4, -0.2) is 46.8 Å². The highest BCUT2D eigenvalue weighted by atomic mass is 16.5. The maximum absolute atomic E-state index is 12.8. The number of likely N-dealkylation sites (tertiary alicyclic amines) is 1. The quantitative estimate of drug-likeness (QED) is 0.812. The van der Waals surface area contributed by atoms with Crippen molar-refractivity contribution < 1.29 is 14.3 Å². The number of hydrogen-bond donors (Lipinski definition) is 0. The predicted octanol–water partition coefficient (Wildman–Crippen LogP) is 1.90. The summed E-state index contributed by atoms with van der Waals surface area (Å²) in [5.41, 5.74) is 1.38. The van der Waals surface area contributed by atoms with Gasteiger partial charge in [0.25, 0.3) is 5.91 Å². The Kier molecular flexibility index (Phi) is 4.41. The normalized spacial score (nSPS) is 15.4. The van der Waals surface area contributed by atoms with Crippen molar-refractivity contribution in [2.24, 2.45) is 5.92 Å². The van der Waals surface area contributed by atoms with Crippen LogP contribution < -0.4 is 0 Å². The topological polar surface area (TPSA) is 64.4 Å². The summed E-state index contributed by atoms with van der Waals surface area (Å²) in [6, 6.07) is 9.25. The summed E-state index contributed by atoms with van der Waals surface area (Å²) in [5.74, 6) is -0.320. The highest BCUT2D eigenvalue weighted by Gasteiger charge is 2.29. The molecule has 0 atom stereocenters. The molecule has 1 amide bonds. The molecule has 6 heteroatoms. The van der Waals surface area contributed by atoms with Crippen LogP contribution in [0.15, 0.2) is 42.7 Å². The first-order chi connectivity index (χ1) is 11.2. The molecule has 0 unspecified atom stereocenters. The molecule has 3 rings (SSSR count). The van der Waals surface area contributed by atoms with Crippen molar-refractivity contribution >= 4 is 11.9 Å². The van der Waals surface area contributed by atoms with Gasteiger partial charge in [-0.1, -0.05) is 12.1 Å².